The van der Waals surface area contributed by atoms with E-state index >= 15 is 0 Å². The predicted molar refractivity (Wildman–Crippen MR) is 101 cm³/mol. The molecule has 1 amide bonds. The average Bonchev–Trinajstić information content (AvgIpc) is 2.70. The molecule has 0 atom stereocenters. The van der Waals surface area contributed by atoms with E-state index < -0.39 is 44.1 Å². The quantitative estimate of drug-likeness (QED) is 0.572. The lowest BCUT2D eigenvalue weighted by Crippen LogP contribution is -2.25. The Morgan fingerprint density at radius 3 is 2.13 bits per heavy atom. The van der Waals surface area contributed by atoms with Crippen molar-refractivity contribution in [1.29, 1.82) is 0 Å². The van der Waals surface area contributed by atoms with Gasteiger partial charge in [-0.05, 0) is 48.0 Å². The molecule has 2 N–H and O–H groups in total. The summed E-state index contributed by atoms with van der Waals surface area (Å²) < 4.78 is 80.4. The zero-order valence-corrected chi connectivity index (χ0v) is 15.9. The zero-order chi connectivity index (χ0) is 21.9. The summed E-state index contributed by atoms with van der Waals surface area (Å²) >= 11 is 0. The van der Waals surface area contributed by atoms with Crippen molar-refractivity contribution in [3.63, 3.8) is 0 Å². The van der Waals surface area contributed by atoms with E-state index in [1.165, 1.54) is 12.1 Å². The molecule has 0 aliphatic heterocycles. The molecule has 10 heteroatoms. The van der Waals surface area contributed by atoms with Crippen LogP contribution >= 0.6 is 0 Å². The molecular weight excluding hydrogens is 424 g/mol. The first kappa shape index (κ1) is 21.5. The molecule has 30 heavy (non-hydrogen) atoms. The molecule has 3 aromatic carbocycles. The van der Waals surface area contributed by atoms with Crippen LogP contribution in [0.5, 0.6) is 0 Å². The molecule has 0 heterocycles. The second-order valence-corrected chi connectivity index (χ2v) is 7.91. The van der Waals surface area contributed by atoms with Crippen LogP contribution in [-0.4, -0.2) is 14.3 Å². The van der Waals surface area contributed by atoms with Crippen LogP contribution in [0.25, 0.3) is 0 Å². The van der Waals surface area contributed by atoms with Crippen LogP contribution in [0.4, 0.5) is 23.2 Å². The van der Waals surface area contributed by atoms with Crippen LogP contribution in [-0.2, 0) is 16.6 Å². The Morgan fingerprint density at radius 1 is 0.800 bits per heavy atom. The number of hydrogen-bond acceptors (Lipinski definition) is 3. The van der Waals surface area contributed by atoms with Crippen molar-refractivity contribution < 1.29 is 30.8 Å². The van der Waals surface area contributed by atoms with Gasteiger partial charge in [0.15, 0.2) is 11.6 Å². The van der Waals surface area contributed by atoms with Crippen LogP contribution in [0.1, 0.15) is 15.9 Å². The summed E-state index contributed by atoms with van der Waals surface area (Å²) in [6.45, 7) is -0.229. The molecule has 0 unspecified atom stereocenters. The van der Waals surface area contributed by atoms with E-state index in [2.05, 4.69) is 10.0 Å². The van der Waals surface area contributed by atoms with Gasteiger partial charge in [-0.15, -0.1) is 0 Å². The SMILES string of the molecule is O=C(Nc1ccc(F)c(F)c1)c1ccc(F)c(S(=O)(=O)NCc2ccc(F)cc2)c1. The van der Waals surface area contributed by atoms with E-state index in [-0.39, 0.29) is 17.8 Å². The van der Waals surface area contributed by atoms with Crippen molar-refractivity contribution in [1.82, 2.24) is 4.72 Å². The summed E-state index contributed by atoms with van der Waals surface area (Å²) in [5.74, 6) is -4.72. The van der Waals surface area contributed by atoms with Gasteiger partial charge in [-0.3, -0.25) is 4.79 Å². The van der Waals surface area contributed by atoms with Crippen molar-refractivity contribution in [2.45, 2.75) is 11.4 Å². The highest BCUT2D eigenvalue weighted by atomic mass is 32.2. The molecule has 0 saturated carbocycles. The van der Waals surface area contributed by atoms with Gasteiger partial charge in [-0.1, -0.05) is 12.1 Å². The van der Waals surface area contributed by atoms with Crippen LogP contribution in [0.15, 0.2) is 65.6 Å². The summed E-state index contributed by atoms with van der Waals surface area (Å²) in [6.07, 6.45) is 0. The predicted octanol–water partition coefficient (Wildman–Crippen LogP) is 3.97. The minimum absolute atomic E-state index is 0.0675. The number of halogens is 4. The van der Waals surface area contributed by atoms with Gasteiger partial charge in [0.2, 0.25) is 10.0 Å². The first-order chi connectivity index (χ1) is 14.2. The molecule has 0 aliphatic rings. The maximum Gasteiger partial charge on any atom is 0.255 e. The van der Waals surface area contributed by atoms with Gasteiger partial charge in [0, 0.05) is 23.9 Å². The maximum absolute atomic E-state index is 14.1. The Hall–Kier alpha value is -3.24. The number of hydrogen-bond donors (Lipinski definition) is 2. The lowest BCUT2D eigenvalue weighted by Gasteiger charge is -2.10. The molecule has 5 nitrogen and oxygen atoms in total. The summed E-state index contributed by atoms with van der Waals surface area (Å²) in [7, 11) is -4.35. The van der Waals surface area contributed by atoms with E-state index in [9.17, 15) is 30.8 Å². The van der Waals surface area contributed by atoms with Crippen LogP contribution in [0.3, 0.4) is 0 Å². The van der Waals surface area contributed by atoms with Crippen molar-refractivity contribution in [3.05, 3.63) is 95.1 Å². The van der Waals surface area contributed by atoms with E-state index in [1.807, 2.05) is 0 Å². The van der Waals surface area contributed by atoms with Gasteiger partial charge in [0.1, 0.15) is 16.5 Å². The summed E-state index contributed by atoms with van der Waals surface area (Å²) in [4.78, 5) is 11.5. The third kappa shape index (κ3) is 5.02. The van der Waals surface area contributed by atoms with Crippen LogP contribution < -0.4 is 10.0 Å². The molecule has 0 saturated heterocycles. The number of carbonyl (C=O) groups excluding carboxylic acids is 1. The highest BCUT2D eigenvalue weighted by Gasteiger charge is 2.21. The fraction of sp³-hybridized carbons (Fsp3) is 0.0500. The third-order valence-electron chi connectivity index (χ3n) is 4.04. The summed E-state index contributed by atoms with van der Waals surface area (Å²) in [5.41, 5.74) is 0.151. The number of sulfonamides is 1. The minimum Gasteiger partial charge on any atom is -0.322 e. The third-order valence-corrected chi connectivity index (χ3v) is 5.46. The van der Waals surface area contributed by atoms with E-state index in [4.69, 9.17) is 0 Å². The molecule has 0 bridgehead atoms. The topological polar surface area (TPSA) is 75.3 Å². The molecule has 3 rings (SSSR count). The van der Waals surface area contributed by atoms with Gasteiger partial charge in [0.05, 0.1) is 0 Å². The minimum atomic E-state index is -4.35. The summed E-state index contributed by atoms with van der Waals surface area (Å²) in [5, 5.41) is 2.27. The molecule has 0 spiro atoms. The largest absolute Gasteiger partial charge is 0.322 e. The van der Waals surface area contributed by atoms with Crippen molar-refractivity contribution in [3.8, 4) is 0 Å². The standard InChI is InChI=1S/C20H14F4N2O3S/c21-14-4-1-12(2-5-14)11-25-30(28,29)19-9-13(3-7-17(19)23)20(27)26-15-6-8-16(22)18(24)10-15/h1-10,25H,11H2,(H,26,27). The Kier molecular flexibility index (Phi) is 6.18. The van der Waals surface area contributed by atoms with Gasteiger partial charge in [-0.2, -0.15) is 0 Å². The lowest BCUT2D eigenvalue weighted by atomic mass is 10.2. The monoisotopic (exact) mass is 438 g/mol. The summed E-state index contributed by atoms with van der Waals surface area (Å²) in [6, 6.07) is 10.3. The Morgan fingerprint density at radius 2 is 1.47 bits per heavy atom. The number of amides is 1. The fourth-order valence-corrected chi connectivity index (χ4v) is 3.61. The van der Waals surface area contributed by atoms with Crippen LogP contribution in [0.2, 0.25) is 0 Å². The zero-order valence-electron chi connectivity index (χ0n) is 15.1. The van der Waals surface area contributed by atoms with Crippen LogP contribution in [0, 0.1) is 23.3 Å². The molecular formula is C20H14F4N2O3S. The second kappa shape index (κ2) is 8.64. The normalized spacial score (nSPS) is 11.3. The number of benzene rings is 3. The molecule has 156 valence electrons. The molecule has 0 fully saturated rings. The van der Waals surface area contributed by atoms with Gasteiger partial charge < -0.3 is 5.32 Å². The number of rotatable bonds is 6. The van der Waals surface area contributed by atoms with E-state index in [1.54, 1.807) is 0 Å². The number of nitrogens with one attached hydrogen (secondary N) is 2. The van der Waals surface area contributed by atoms with Gasteiger partial charge in [0.25, 0.3) is 5.91 Å². The average molecular weight is 438 g/mol. The Labute approximate surface area is 169 Å². The fourth-order valence-electron chi connectivity index (χ4n) is 2.49. The number of anilines is 1. The molecule has 0 aromatic heterocycles. The molecule has 0 aliphatic carbocycles. The first-order valence-corrected chi connectivity index (χ1v) is 9.94. The van der Waals surface area contributed by atoms with Crippen molar-refractivity contribution in [2.75, 3.05) is 5.32 Å². The highest BCUT2D eigenvalue weighted by Crippen LogP contribution is 2.19. The van der Waals surface area contributed by atoms with Crippen molar-refractivity contribution in [2.24, 2.45) is 0 Å². The second-order valence-electron chi connectivity index (χ2n) is 6.18. The maximum atomic E-state index is 14.1. The Balaban J connectivity index is 1.80. The Bertz CT molecular complexity index is 1200. The van der Waals surface area contributed by atoms with E-state index in [0.717, 1.165) is 48.5 Å². The van der Waals surface area contributed by atoms with E-state index in [0.29, 0.717) is 5.56 Å². The first-order valence-electron chi connectivity index (χ1n) is 8.46. The molecule has 0 radical (unpaired) electrons. The van der Waals surface area contributed by atoms with Crippen molar-refractivity contribution >= 4 is 21.6 Å². The molecule has 3 aromatic rings. The lowest BCUT2D eigenvalue weighted by molar-refractivity contribution is 0.102. The van der Waals surface area contributed by atoms with Gasteiger partial charge in [-0.25, -0.2) is 30.7 Å². The smallest absolute Gasteiger partial charge is 0.255 e. The number of carbonyl (C=O) groups is 1. The van der Waals surface area contributed by atoms with Gasteiger partial charge >= 0.3 is 0 Å². The highest BCUT2D eigenvalue weighted by molar-refractivity contribution is 7.89.